The summed E-state index contributed by atoms with van der Waals surface area (Å²) in [5.74, 6) is 0.662. The fourth-order valence-electron chi connectivity index (χ4n) is 2.95. The minimum Gasteiger partial charge on any atom is -0.467 e. The van der Waals surface area contributed by atoms with E-state index in [1.54, 1.807) is 23.7 Å². The van der Waals surface area contributed by atoms with Crippen molar-refractivity contribution >= 4 is 33.1 Å². The van der Waals surface area contributed by atoms with Crippen LogP contribution in [0.3, 0.4) is 0 Å². The molecule has 0 radical (unpaired) electrons. The molecule has 1 unspecified atom stereocenters. The van der Waals surface area contributed by atoms with Crippen molar-refractivity contribution in [2.45, 2.75) is 25.9 Å². The van der Waals surface area contributed by atoms with Crippen LogP contribution in [-0.2, 0) is 17.8 Å². The Morgan fingerprint density at radius 3 is 2.68 bits per heavy atom. The maximum atomic E-state index is 12.2. The molecule has 28 heavy (non-hydrogen) atoms. The Morgan fingerprint density at radius 1 is 1.11 bits per heavy atom. The molecule has 4 rings (SSSR count). The molecular weight excluding hydrogens is 370 g/mol. The molecule has 0 aliphatic heterocycles. The Balaban J connectivity index is 1.32. The summed E-state index contributed by atoms with van der Waals surface area (Å²) in [5.41, 5.74) is 3.16. The first-order valence-electron chi connectivity index (χ1n) is 9.17. The Hall–Kier alpha value is -3.12. The van der Waals surface area contributed by atoms with Crippen molar-refractivity contribution < 1.29 is 9.21 Å². The monoisotopic (exact) mass is 391 g/mol. The van der Waals surface area contributed by atoms with Gasteiger partial charge in [0, 0.05) is 12.1 Å². The molecule has 0 spiro atoms. The summed E-state index contributed by atoms with van der Waals surface area (Å²) in [4.78, 5) is 16.9. The van der Waals surface area contributed by atoms with Gasteiger partial charge in [0.2, 0.25) is 5.91 Å². The van der Waals surface area contributed by atoms with Gasteiger partial charge in [-0.1, -0.05) is 24.3 Å². The van der Waals surface area contributed by atoms with E-state index in [0.717, 1.165) is 28.4 Å². The summed E-state index contributed by atoms with van der Waals surface area (Å²) >= 11 is 1.73. The minimum atomic E-state index is -0.343. The second kappa shape index (κ2) is 8.27. The summed E-state index contributed by atoms with van der Waals surface area (Å²) < 4.78 is 6.44. The van der Waals surface area contributed by atoms with E-state index in [-0.39, 0.29) is 11.9 Å². The maximum Gasteiger partial charge on any atom is 0.242 e. The first-order valence-corrected chi connectivity index (χ1v) is 9.99. The molecule has 0 fully saturated rings. The van der Waals surface area contributed by atoms with Crippen LogP contribution in [0.1, 0.15) is 23.3 Å². The number of fused-ring (bicyclic) bond motifs is 1. The molecule has 0 saturated heterocycles. The van der Waals surface area contributed by atoms with Crippen molar-refractivity contribution in [1.29, 1.82) is 0 Å². The first kappa shape index (κ1) is 18.3. The molecular formula is C22H21N3O2S. The summed E-state index contributed by atoms with van der Waals surface area (Å²) in [6, 6.07) is 19.6. The van der Waals surface area contributed by atoms with Crippen LogP contribution in [0.5, 0.6) is 0 Å². The molecule has 2 aromatic carbocycles. The van der Waals surface area contributed by atoms with Crippen LogP contribution in [0.4, 0.5) is 5.69 Å². The highest BCUT2D eigenvalue weighted by Crippen LogP contribution is 2.24. The van der Waals surface area contributed by atoms with E-state index in [4.69, 9.17) is 4.42 Å². The number of anilines is 1. The highest BCUT2D eigenvalue weighted by molar-refractivity contribution is 7.18. The molecule has 2 heterocycles. The Morgan fingerprint density at radius 2 is 1.93 bits per heavy atom. The van der Waals surface area contributed by atoms with Crippen molar-refractivity contribution in [2.24, 2.45) is 0 Å². The number of hydrogen-bond acceptors (Lipinski definition) is 5. The third-order valence-electron chi connectivity index (χ3n) is 4.44. The van der Waals surface area contributed by atoms with E-state index in [2.05, 4.69) is 33.8 Å². The zero-order chi connectivity index (χ0) is 19.3. The number of thiazole rings is 1. The van der Waals surface area contributed by atoms with Crippen LogP contribution < -0.4 is 10.6 Å². The SMILES string of the molecule is CC(Nc1ccc(Cc2nc3ccccc3s2)cc1)C(=O)NCc1ccco1. The van der Waals surface area contributed by atoms with Crippen molar-refractivity contribution in [1.82, 2.24) is 10.3 Å². The summed E-state index contributed by atoms with van der Waals surface area (Å²) in [7, 11) is 0. The number of aromatic nitrogens is 1. The number of nitrogens with one attached hydrogen (secondary N) is 2. The van der Waals surface area contributed by atoms with Crippen molar-refractivity contribution in [3.63, 3.8) is 0 Å². The second-order valence-corrected chi connectivity index (χ2v) is 7.73. The van der Waals surface area contributed by atoms with E-state index in [1.807, 2.05) is 43.3 Å². The molecule has 1 amide bonds. The zero-order valence-corrected chi connectivity index (χ0v) is 16.3. The molecule has 5 nitrogen and oxygen atoms in total. The quantitative estimate of drug-likeness (QED) is 0.483. The van der Waals surface area contributed by atoms with Gasteiger partial charge in [0.05, 0.1) is 28.0 Å². The van der Waals surface area contributed by atoms with Gasteiger partial charge in [0.25, 0.3) is 0 Å². The molecule has 4 aromatic rings. The Labute approximate surface area is 167 Å². The number of amides is 1. The molecule has 1 atom stereocenters. The summed E-state index contributed by atoms with van der Waals surface area (Å²) in [6.07, 6.45) is 2.40. The van der Waals surface area contributed by atoms with Gasteiger partial charge >= 0.3 is 0 Å². The standard InChI is InChI=1S/C22H21N3O2S/c1-15(22(26)23-14-18-5-4-12-27-18)24-17-10-8-16(9-11-17)13-21-25-19-6-2-3-7-20(19)28-21/h2-12,15,24H,13-14H2,1H3,(H,23,26). The lowest BCUT2D eigenvalue weighted by molar-refractivity contribution is -0.121. The Kier molecular flexibility index (Phi) is 5.39. The van der Waals surface area contributed by atoms with E-state index >= 15 is 0 Å². The van der Waals surface area contributed by atoms with E-state index in [9.17, 15) is 4.79 Å². The molecule has 0 saturated carbocycles. The minimum absolute atomic E-state index is 0.0741. The molecule has 2 aromatic heterocycles. The zero-order valence-electron chi connectivity index (χ0n) is 15.5. The van der Waals surface area contributed by atoms with Gasteiger partial charge in [-0.2, -0.15) is 0 Å². The van der Waals surface area contributed by atoms with Gasteiger partial charge in [-0.15, -0.1) is 11.3 Å². The lowest BCUT2D eigenvalue weighted by Crippen LogP contribution is -2.37. The van der Waals surface area contributed by atoms with Crippen LogP contribution in [0.25, 0.3) is 10.2 Å². The first-order chi connectivity index (χ1) is 13.7. The number of hydrogen-bond donors (Lipinski definition) is 2. The highest BCUT2D eigenvalue weighted by atomic mass is 32.1. The second-order valence-electron chi connectivity index (χ2n) is 6.61. The van der Waals surface area contributed by atoms with Gasteiger partial charge < -0.3 is 15.1 Å². The predicted molar refractivity (Wildman–Crippen MR) is 113 cm³/mol. The van der Waals surface area contributed by atoms with Crippen molar-refractivity contribution in [3.8, 4) is 0 Å². The van der Waals surface area contributed by atoms with Gasteiger partial charge in [0.15, 0.2) is 0 Å². The number of nitrogens with zero attached hydrogens (tertiary/aromatic N) is 1. The normalized spacial score (nSPS) is 12.0. The van der Waals surface area contributed by atoms with Gasteiger partial charge in [0.1, 0.15) is 11.8 Å². The third kappa shape index (κ3) is 4.40. The van der Waals surface area contributed by atoms with Crippen LogP contribution in [0.15, 0.2) is 71.3 Å². The van der Waals surface area contributed by atoms with Gasteiger partial charge in [-0.25, -0.2) is 4.98 Å². The van der Waals surface area contributed by atoms with Crippen LogP contribution in [-0.4, -0.2) is 16.9 Å². The van der Waals surface area contributed by atoms with Gasteiger partial charge in [-0.05, 0) is 48.9 Å². The molecule has 2 N–H and O–H groups in total. The molecule has 142 valence electrons. The topological polar surface area (TPSA) is 67.2 Å². The van der Waals surface area contributed by atoms with Crippen LogP contribution >= 0.6 is 11.3 Å². The predicted octanol–water partition coefficient (Wildman–Crippen LogP) is 4.60. The van der Waals surface area contributed by atoms with Crippen molar-refractivity contribution in [2.75, 3.05) is 5.32 Å². The largest absolute Gasteiger partial charge is 0.467 e. The number of para-hydroxylation sites is 1. The van der Waals surface area contributed by atoms with Crippen molar-refractivity contribution in [3.05, 3.63) is 83.3 Å². The third-order valence-corrected chi connectivity index (χ3v) is 5.48. The molecule has 0 aliphatic rings. The summed E-state index contributed by atoms with van der Waals surface area (Å²) in [5, 5.41) is 7.19. The number of carbonyl (C=O) groups excluding carboxylic acids is 1. The summed E-state index contributed by atoms with van der Waals surface area (Å²) in [6.45, 7) is 2.23. The van der Waals surface area contributed by atoms with Crippen LogP contribution in [0.2, 0.25) is 0 Å². The fourth-order valence-corrected chi connectivity index (χ4v) is 3.95. The van der Waals surface area contributed by atoms with E-state index in [1.165, 1.54) is 10.3 Å². The number of rotatable bonds is 7. The highest BCUT2D eigenvalue weighted by Gasteiger charge is 2.13. The van der Waals surface area contributed by atoms with Crippen LogP contribution in [0, 0.1) is 0 Å². The Bertz CT molecular complexity index is 1020. The van der Waals surface area contributed by atoms with Gasteiger partial charge in [-0.3, -0.25) is 4.79 Å². The number of benzene rings is 2. The fraction of sp³-hybridized carbons (Fsp3) is 0.182. The number of furan rings is 1. The number of carbonyl (C=O) groups is 1. The average molecular weight is 391 g/mol. The molecule has 0 bridgehead atoms. The van der Waals surface area contributed by atoms with E-state index in [0.29, 0.717) is 6.54 Å². The lowest BCUT2D eigenvalue weighted by atomic mass is 10.1. The average Bonchev–Trinajstić information content (AvgIpc) is 3.36. The maximum absolute atomic E-state index is 12.2. The van der Waals surface area contributed by atoms with E-state index < -0.39 is 0 Å². The smallest absolute Gasteiger partial charge is 0.242 e. The molecule has 0 aliphatic carbocycles. The lowest BCUT2D eigenvalue weighted by Gasteiger charge is -2.15. The molecule has 6 heteroatoms.